The van der Waals surface area contributed by atoms with Crippen molar-refractivity contribution in [1.82, 2.24) is 5.32 Å². The molecule has 1 fully saturated rings. The Balaban J connectivity index is 1.53. The predicted molar refractivity (Wildman–Crippen MR) is 143 cm³/mol. The molecule has 35 heavy (non-hydrogen) atoms. The van der Waals surface area contributed by atoms with E-state index in [-0.39, 0.29) is 23.6 Å². The van der Waals surface area contributed by atoms with E-state index < -0.39 is 11.8 Å². The fourth-order valence-electron chi connectivity index (χ4n) is 4.69. The summed E-state index contributed by atoms with van der Waals surface area (Å²) < 4.78 is 0. The molecule has 2 amide bonds. The molecule has 2 N–H and O–H groups in total. The lowest BCUT2D eigenvalue weighted by Crippen LogP contribution is -2.39. The van der Waals surface area contributed by atoms with Crippen LogP contribution in [0.1, 0.15) is 50.3 Å². The molecular formula is C27H30N4O2S2. The minimum absolute atomic E-state index is 0.0316. The van der Waals surface area contributed by atoms with Crippen LogP contribution in [0.5, 0.6) is 0 Å². The highest BCUT2D eigenvalue weighted by Crippen LogP contribution is 2.43. The molecule has 8 heteroatoms. The third-order valence-corrected chi connectivity index (χ3v) is 8.58. The summed E-state index contributed by atoms with van der Waals surface area (Å²) in [5, 5.41) is 18.8. The van der Waals surface area contributed by atoms with Crippen molar-refractivity contribution in [1.29, 1.82) is 5.26 Å². The summed E-state index contributed by atoms with van der Waals surface area (Å²) in [6, 6.07) is 15.7. The molecule has 1 aromatic carbocycles. The lowest BCUT2D eigenvalue weighted by Gasteiger charge is -2.29. The monoisotopic (exact) mass is 506 g/mol. The average molecular weight is 507 g/mol. The van der Waals surface area contributed by atoms with Gasteiger partial charge in [-0.05, 0) is 62.1 Å². The van der Waals surface area contributed by atoms with Crippen LogP contribution in [0.4, 0.5) is 5.69 Å². The second kappa shape index (κ2) is 11.7. The molecule has 2 atom stereocenters. The van der Waals surface area contributed by atoms with Crippen LogP contribution in [0.15, 0.2) is 64.1 Å². The zero-order valence-electron chi connectivity index (χ0n) is 20.0. The molecule has 4 rings (SSSR count). The van der Waals surface area contributed by atoms with Crippen LogP contribution in [0.3, 0.4) is 0 Å². The van der Waals surface area contributed by atoms with Crippen LogP contribution in [-0.2, 0) is 9.59 Å². The molecule has 182 valence electrons. The molecule has 2 aromatic rings. The highest BCUT2D eigenvalue weighted by molar-refractivity contribution is 8.14. The van der Waals surface area contributed by atoms with Crippen LogP contribution in [-0.4, -0.2) is 28.7 Å². The second-order valence-corrected chi connectivity index (χ2v) is 11.2. The van der Waals surface area contributed by atoms with E-state index in [4.69, 9.17) is 0 Å². The number of nitrogens with zero attached hydrogens (tertiary/aromatic N) is 2. The molecule has 2 unspecified atom stereocenters. The Morgan fingerprint density at radius 2 is 1.89 bits per heavy atom. The topological polar surface area (TPSA) is 94.4 Å². The van der Waals surface area contributed by atoms with Crippen LogP contribution in [0.25, 0.3) is 0 Å². The fourth-order valence-corrected chi connectivity index (χ4v) is 6.50. The third kappa shape index (κ3) is 6.22. The van der Waals surface area contributed by atoms with Crippen molar-refractivity contribution >= 4 is 45.6 Å². The molecule has 0 radical (unpaired) electrons. The molecule has 0 bridgehead atoms. The van der Waals surface area contributed by atoms with Crippen molar-refractivity contribution in [2.24, 2.45) is 16.8 Å². The van der Waals surface area contributed by atoms with E-state index in [1.54, 1.807) is 6.92 Å². The number of rotatable bonds is 6. The summed E-state index contributed by atoms with van der Waals surface area (Å²) in [6.07, 6.45) is 4.31. The van der Waals surface area contributed by atoms with Gasteiger partial charge in [-0.1, -0.05) is 43.0 Å². The number of allylic oxidation sites excluding steroid dienone is 1. The van der Waals surface area contributed by atoms with Crippen LogP contribution in [0.2, 0.25) is 0 Å². The summed E-state index contributed by atoms with van der Waals surface area (Å²) in [6.45, 7) is 4.06. The van der Waals surface area contributed by atoms with Crippen LogP contribution >= 0.6 is 23.1 Å². The smallest absolute Gasteiger partial charge is 0.254 e. The number of aliphatic imine (C=N–C) groups is 1. The first-order chi connectivity index (χ1) is 17.0. The number of hydrogen-bond acceptors (Lipinski definition) is 6. The van der Waals surface area contributed by atoms with Gasteiger partial charge in [-0.2, -0.15) is 5.26 Å². The molecule has 2 aliphatic rings. The zero-order chi connectivity index (χ0) is 24.8. The number of hydrogen-bond donors (Lipinski definition) is 2. The summed E-state index contributed by atoms with van der Waals surface area (Å²) >= 11 is 2.82. The lowest BCUT2D eigenvalue weighted by molar-refractivity contribution is -0.119. The van der Waals surface area contributed by atoms with E-state index in [1.165, 1.54) is 23.1 Å². The Morgan fingerprint density at radius 3 is 2.54 bits per heavy atom. The molecule has 6 nitrogen and oxygen atoms in total. The molecule has 2 heterocycles. The first-order valence-electron chi connectivity index (χ1n) is 12.0. The summed E-state index contributed by atoms with van der Waals surface area (Å²) in [5.41, 5.74) is 1.76. The number of carbonyl (C=O) groups is 2. The minimum atomic E-state index is -0.637. The first kappa shape index (κ1) is 25.2. The summed E-state index contributed by atoms with van der Waals surface area (Å²) in [5.74, 6) is -0.434. The maximum Gasteiger partial charge on any atom is 0.254 e. The highest BCUT2D eigenvalue weighted by atomic mass is 32.2. The van der Waals surface area contributed by atoms with Gasteiger partial charge in [0, 0.05) is 33.8 Å². The number of carbonyl (C=O) groups excluding carboxylic acids is 2. The lowest BCUT2D eigenvalue weighted by atomic mass is 9.82. The van der Waals surface area contributed by atoms with Crippen molar-refractivity contribution in [2.75, 3.05) is 11.1 Å². The normalized spacial score (nSPS) is 24.3. The molecule has 1 saturated carbocycles. The van der Waals surface area contributed by atoms with Gasteiger partial charge in [0.05, 0.1) is 16.9 Å². The van der Waals surface area contributed by atoms with Crippen molar-refractivity contribution < 1.29 is 9.59 Å². The first-order valence-corrected chi connectivity index (χ1v) is 13.8. The molecular weight excluding hydrogens is 476 g/mol. The van der Waals surface area contributed by atoms with Gasteiger partial charge in [0.1, 0.15) is 5.92 Å². The Hall–Kier alpha value is -2.89. The fraction of sp³-hybridized carbons (Fsp3) is 0.407. The van der Waals surface area contributed by atoms with Crippen molar-refractivity contribution in [2.45, 2.75) is 51.5 Å². The number of para-hydroxylation sites is 1. The van der Waals surface area contributed by atoms with Gasteiger partial charge >= 0.3 is 0 Å². The minimum Gasteiger partial charge on any atom is -0.353 e. The number of thioether (sulfide) groups is 1. The number of anilines is 1. The largest absolute Gasteiger partial charge is 0.353 e. The van der Waals surface area contributed by atoms with Crippen molar-refractivity contribution in [3.05, 3.63) is 64.0 Å². The maximum atomic E-state index is 13.3. The van der Waals surface area contributed by atoms with Gasteiger partial charge in [-0.25, -0.2) is 4.99 Å². The summed E-state index contributed by atoms with van der Waals surface area (Å²) in [7, 11) is 0. The molecule has 1 aliphatic heterocycles. The Labute approximate surface area is 214 Å². The van der Waals surface area contributed by atoms with E-state index >= 15 is 0 Å². The Morgan fingerprint density at radius 1 is 1.14 bits per heavy atom. The second-order valence-electron chi connectivity index (χ2n) is 9.18. The van der Waals surface area contributed by atoms with Crippen molar-refractivity contribution in [3.63, 3.8) is 0 Å². The Kier molecular flexibility index (Phi) is 8.42. The van der Waals surface area contributed by atoms with E-state index in [0.717, 1.165) is 36.5 Å². The molecule has 0 spiro atoms. The van der Waals surface area contributed by atoms with E-state index in [0.29, 0.717) is 22.0 Å². The number of nitrogens with one attached hydrogen (secondary N) is 2. The van der Waals surface area contributed by atoms with E-state index in [2.05, 4.69) is 28.6 Å². The van der Waals surface area contributed by atoms with Crippen LogP contribution < -0.4 is 10.6 Å². The molecule has 1 aliphatic carbocycles. The van der Waals surface area contributed by atoms with Gasteiger partial charge in [-0.3, -0.25) is 9.59 Å². The van der Waals surface area contributed by atoms with Gasteiger partial charge in [0.25, 0.3) is 5.91 Å². The van der Waals surface area contributed by atoms with Gasteiger partial charge in [-0.15, -0.1) is 11.3 Å². The molecule has 1 aromatic heterocycles. The van der Waals surface area contributed by atoms with Crippen molar-refractivity contribution in [3.8, 4) is 6.07 Å². The van der Waals surface area contributed by atoms with Gasteiger partial charge < -0.3 is 10.6 Å². The van der Waals surface area contributed by atoms with E-state index in [9.17, 15) is 14.9 Å². The zero-order valence-corrected chi connectivity index (χ0v) is 21.6. The number of thiophene rings is 1. The summed E-state index contributed by atoms with van der Waals surface area (Å²) in [4.78, 5) is 31.6. The standard InChI is InChI=1S/C27H30N4O2S2/c1-17-10-12-20(13-11-17)30-23(32)16-35-27-21(15-28)25(22-9-6-14-34-22)24(18(2)29-27)26(33)31-19-7-4-3-5-8-19/h3-9,14,17,20-21,25H,10-13,16H2,1-2H3,(H,30,32)(H,31,33). The molecule has 0 saturated heterocycles. The van der Waals surface area contributed by atoms with Gasteiger partial charge in [0.2, 0.25) is 5.91 Å². The van der Waals surface area contributed by atoms with Crippen LogP contribution in [0, 0.1) is 23.2 Å². The number of benzene rings is 1. The van der Waals surface area contributed by atoms with Gasteiger partial charge in [0.15, 0.2) is 0 Å². The third-order valence-electron chi connectivity index (χ3n) is 6.58. The van der Waals surface area contributed by atoms with E-state index in [1.807, 2.05) is 47.8 Å². The quantitative estimate of drug-likeness (QED) is 0.524. The SMILES string of the molecule is CC1=C(C(=O)Nc2ccccc2)C(c2cccs2)C(C#N)C(SCC(=O)NC2CCC(C)CC2)=N1. The number of amides is 2. The Bertz CT molecular complexity index is 1140. The average Bonchev–Trinajstić information content (AvgIpc) is 3.39. The number of nitriles is 1. The predicted octanol–water partition coefficient (Wildman–Crippen LogP) is 5.72. The highest BCUT2D eigenvalue weighted by Gasteiger charge is 2.39. The maximum absolute atomic E-state index is 13.3.